The summed E-state index contributed by atoms with van der Waals surface area (Å²) in [6.45, 7) is 7.05. The first-order valence-corrected chi connectivity index (χ1v) is 27.2. The summed E-state index contributed by atoms with van der Waals surface area (Å²) in [7, 11) is 4.06. The van der Waals surface area contributed by atoms with Crippen molar-refractivity contribution in [2.75, 3.05) is 66.5 Å². The highest BCUT2D eigenvalue weighted by molar-refractivity contribution is 5.99. The highest BCUT2D eigenvalue weighted by atomic mass is 16.2. The van der Waals surface area contributed by atoms with Crippen molar-refractivity contribution in [1.29, 1.82) is 0 Å². The molecule has 4 amide bonds. The number of amides is 4. The van der Waals surface area contributed by atoms with Gasteiger partial charge in [0.05, 0.1) is 12.1 Å². The molecule has 9 rings (SSSR count). The van der Waals surface area contributed by atoms with Crippen LogP contribution in [0.2, 0.25) is 0 Å². The molecule has 0 saturated carbocycles. The Hall–Kier alpha value is -7.22. The third kappa shape index (κ3) is 15.2. The summed E-state index contributed by atoms with van der Waals surface area (Å²) in [5.41, 5.74) is 10.7. The number of carbonyl (C=O) groups is 4. The Kier molecular flexibility index (Phi) is 19.9. The topological polar surface area (TPSA) is 152 Å². The number of benzene rings is 7. The van der Waals surface area contributed by atoms with Crippen LogP contribution in [0.1, 0.15) is 88.3 Å². The summed E-state index contributed by atoms with van der Waals surface area (Å²) < 4.78 is 0. The average molecular weight is 1020 g/mol. The number of fused-ring (bicyclic) bond motifs is 2. The molecule has 0 radical (unpaired) electrons. The molecule has 0 spiro atoms. The molecule has 7 aromatic rings. The molecule has 2 aliphatic rings. The Bertz CT molecular complexity index is 2930. The van der Waals surface area contributed by atoms with Gasteiger partial charge in [0.25, 0.3) is 11.8 Å². The van der Waals surface area contributed by atoms with Crippen LogP contribution >= 0.6 is 0 Å². The van der Waals surface area contributed by atoms with E-state index in [0.717, 1.165) is 47.4 Å². The van der Waals surface area contributed by atoms with E-state index in [1.807, 2.05) is 139 Å². The van der Waals surface area contributed by atoms with Gasteiger partial charge in [-0.15, -0.1) is 0 Å². The first kappa shape index (κ1) is 55.0. The predicted octanol–water partition coefficient (Wildman–Crippen LogP) is 8.58. The van der Waals surface area contributed by atoms with Crippen LogP contribution in [0.5, 0.6) is 0 Å². The van der Waals surface area contributed by atoms with Crippen LogP contribution in [0.3, 0.4) is 0 Å². The minimum absolute atomic E-state index is 0.00702. The van der Waals surface area contributed by atoms with Crippen molar-refractivity contribution >= 4 is 45.2 Å². The van der Waals surface area contributed by atoms with Crippen LogP contribution in [0.25, 0.3) is 21.5 Å². The van der Waals surface area contributed by atoms with Crippen LogP contribution in [0.15, 0.2) is 176 Å². The van der Waals surface area contributed by atoms with Gasteiger partial charge < -0.3 is 41.7 Å². The smallest absolute Gasteiger partial charge is 0.251 e. The second kappa shape index (κ2) is 27.5. The van der Waals surface area contributed by atoms with E-state index in [1.165, 1.54) is 16.7 Å². The molecule has 0 bridgehead atoms. The number of nitrogens with two attached hydrogens (primary N) is 1. The van der Waals surface area contributed by atoms with Gasteiger partial charge in [0.1, 0.15) is 0 Å². The molecule has 12 nitrogen and oxygen atoms in total. The number of nitrogens with one attached hydrogen (secondary N) is 4. The summed E-state index contributed by atoms with van der Waals surface area (Å²) in [5.74, 6) is 0.403. The van der Waals surface area contributed by atoms with Crippen molar-refractivity contribution in [1.82, 2.24) is 36.0 Å². The summed E-state index contributed by atoms with van der Waals surface area (Å²) in [5, 5.41) is 17.6. The van der Waals surface area contributed by atoms with Gasteiger partial charge in [-0.1, -0.05) is 159 Å². The molecule has 5 atom stereocenters. The zero-order valence-electron chi connectivity index (χ0n) is 44.5. The minimum atomic E-state index is -0.310. The molecule has 2 heterocycles. The summed E-state index contributed by atoms with van der Waals surface area (Å²) in [6, 6.07) is 58.2. The van der Waals surface area contributed by atoms with Gasteiger partial charge >= 0.3 is 0 Å². The second-order valence-electron chi connectivity index (χ2n) is 20.7. The highest BCUT2D eigenvalue weighted by Crippen LogP contribution is 2.28. The van der Waals surface area contributed by atoms with Crippen LogP contribution in [-0.4, -0.2) is 129 Å². The van der Waals surface area contributed by atoms with E-state index in [9.17, 15) is 19.2 Å². The molecule has 396 valence electrons. The molecule has 6 N–H and O–H groups in total. The van der Waals surface area contributed by atoms with Crippen molar-refractivity contribution < 1.29 is 19.2 Å². The van der Waals surface area contributed by atoms with Crippen LogP contribution in [0, 0.1) is 0 Å². The van der Waals surface area contributed by atoms with Gasteiger partial charge in [-0.05, 0) is 128 Å². The molecular weight excluding hydrogens is 945 g/mol. The lowest BCUT2D eigenvalue weighted by Gasteiger charge is -2.29. The van der Waals surface area contributed by atoms with E-state index in [4.69, 9.17) is 5.73 Å². The first-order chi connectivity index (χ1) is 37.0. The van der Waals surface area contributed by atoms with Crippen molar-refractivity contribution in [3.8, 4) is 0 Å². The Morgan fingerprint density at radius 2 is 0.987 bits per heavy atom. The molecule has 0 aliphatic carbocycles. The number of carbonyl (C=O) groups excluding carboxylic acids is 4. The number of hydrogen-bond donors (Lipinski definition) is 5. The molecule has 76 heavy (non-hydrogen) atoms. The SMILES string of the molecule is CN(C)CC[C@@H]1N[C@H](CNC(=O)c2ccc3ccccc3c2)CCN(CC(c2ccccc2)c2ccccc2)C1=O.C[C@@H](CN1CC[C@@H](CNC(=O)c2ccc3ccccc3c2)N[C@@H](CCCN)C1=O)c1ccccc1. The Morgan fingerprint density at radius 3 is 1.45 bits per heavy atom. The van der Waals surface area contributed by atoms with Crippen LogP contribution < -0.4 is 27.0 Å². The van der Waals surface area contributed by atoms with Gasteiger partial charge in [0.2, 0.25) is 11.8 Å². The molecule has 0 unspecified atom stereocenters. The molecule has 7 aromatic carbocycles. The van der Waals surface area contributed by atoms with E-state index in [1.54, 1.807) is 0 Å². The number of rotatable bonds is 19. The fourth-order valence-corrected chi connectivity index (χ4v) is 10.5. The molecule has 0 aromatic heterocycles. The van der Waals surface area contributed by atoms with Gasteiger partial charge in [0, 0.05) is 68.4 Å². The maximum absolute atomic E-state index is 13.9. The van der Waals surface area contributed by atoms with E-state index in [-0.39, 0.29) is 59.6 Å². The first-order valence-electron chi connectivity index (χ1n) is 27.2. The van der Waals surface area contributed by atoms with Gasteiger partial charge in [-0.25, -0.2) is 0 Å². The molecule has 12 heteroatoms. The fraction of sp³-hybridized carbons (Fsp3) is 0.344. The third-order valence-electron chi connectivity index (χ3n) is 14.9. The lowest BCUT2D eigenvalue weighted by Crippen LogP contribution is -2.50. The largest absolute Gasteiger partial charge is 0.350 e. The average Bonchev–Trinajstić information content (AvgIpc) is 3.70. The Labute approximate surface area is 449 Å². The summed E-state index contributed by atoms with van der Waals surface area (Å²) >= 11 is 0. The zero-order chi connectivity index (χ0) is 53.2. The summed E-state index contributed by atoms with van der Waals surface area (Å²) in [4.78, 5) is 59.4. The third-order valence-corrected chi connectivity index (χ3v) is 14.9. The minimum Gasteiger partial charge on any atom is -0.350 e. The van der Waals surface area contributed by atoms with E-state index >= 15 is 0 Å². The Balaban J connectivity index is 0.000000204. The van der Waals surface area contributed by atoms with E-state index in [2.05, 4.69) is 93.8 Å². The Morgan fingerprint density at radius 1 is 0.566 bits per heavy atom. The standard InChI is InChI=1S/C35H40N4O2.C29H36N4O2/c1-38(2)21-20-33-35(41)39(25-32(27-12-5-3-6-13-27)28-14-7-4-8-15-28)22-19-31(37-33)24-36-34(40)30-18-17-26-11-9-10-16-29(26)23-30;1-21(22-8-3-2-4-9-22)20-33-17-15-26(32-27(29(33)35)12-7-16-30)19-31-28(34)25-14-13-23-10-5-6-11-24(23)18-25/h3-18,23,31-33,37H,19-22,24-25H2,1-2H3,(H,36,40);2-6,8-11,13-14,18,21,26-27,32H,7,12,15-17,19-20,30H2,1H3,(H,31,34)/t31-,33-;21-,26-,27-/m00/s1. The van der Waals surface area contributed by atoms with E-state index < -0.39 is 0 Å². The monoisotopic (exact) mass is 1020 g/mol. The van der Waals surface area contributed by atoms with Gasteiger partial charge in [-0.2, -0.15) is 0 Å². The van der Waals surface area contributed by atoms with Crippen molar-refractivity contribution in [2.24, 2.45) is 5.73 Å². The molecule has 2 fully saturated rings. The van der Waals surface area contributed by atoms with Crippen molar-refractivity contribution in [3.63, 3.8) is 0 Å². The summed E-state index contributed by atoms with van der Waals surface area (Å²) in [6.07, 6.45) is 3.73. The number of nitrogens with zero attached hydrogens (tertiary/aromatic N) is 3. The highest BCUT2D eigenvalue weighted by Gasteiger charge is 2.34. The quantitative estimate of drug-likeness (QED) is 0.0541. The second-order valence-corrected chi connectivity index (χ2v) is 20.7. The lowest BCUT2D eigenvalue weighted by molar-refractivity contribution is -0.133. The maximum Gasteiger partial charge on any atom is 0.251 e. The zero-order valence-corrected chi connectivity index (χ0v) is 44.5. The van der Waals surface area contributed by atoms with Crippen molar-refractivity contribution in [2.45, 2.75) is 75.0 Å². The molecule has 2 aliphatic heterocycles. The van der Waals surface area contributed by atoms with E-state index in [0.29, 0.717) is 69.8 Å². The van der Waals surface area contributed by atoms with Gasteiger partial charge in [-0.3, -0.25) is 19.2 Å². The normalized spacial score (nSPS) is 18.4. The lowest BCUT2D eigenvalue weighted by atomic mass is 9.90. The van der Waals surface area contributed by atoms with Crippen LogP contribution in [-0.2, 0) is 9.59 Å². The maximum atomic E-state index is 13.9. The van der Waals surface area contributed by atoms with Gasteiger partial charge in [0.15, 0.2) is 0 Å². The fourth-order valence-electron chi connectivity index (χ4n) is 10.5. The number of hydrogen-bond acceptors (Lipinski definition) is 8. The van der Waals surface area contributed by atoms with Crippen molar-refractivity contribution in [3.05, 3.63) is 204 Å². The molecular formula is C64H76N8O4. The predicted molar refractivity (Wildman–Crippen MR) is 307 cm³/mol. The van der Waals surface area contributed by atoms with Crippen LogP contribution in [0.4, 0.5) is 0 Å². The molecule has 2 saturated heterocycles.